The first-order valence-electron chi connectivity index (χ1n) is 7.31. The van der Waals surface area contributed by atoms with E-state index in [9.17, 15) is 4.79 Å². The van der Waals surface area contributed by atoms with E-state index in [0.717, 1.165) is 32.4 Å². The monoisotopic (exact) mass is 384 g/mol. The summed E-state index contributed by atoms with van der Waals surface area (Å²) < 4.78 is 6.04. The Bertz CT molecular complexity index is 943. The second-order valence-corrected chi connectivity index (χ2v) is 6.32. The standard InChI is InChI=1S/C17H13BrN4O2/c1-24-12-4-2-10(3-5-12)8-22-14-7-11(18)6-13-15(14)16(20-9-19-13)21-17(22)23/h2-7,9H,8H2,1H3,(H,19,20,21,23). The van der Waals surface area contributed by atoms with Crippen molar-refractivity contribution in [3.8, 4) is 5.75 Å². The number of halogens is 1. The molecule has 0 spiro atoms. The van der Waals surface area contributed by atoms with Crippen molar-refractivity contribution in [2.45, 2.75) is 6.54 Å². The summed E-state index contributed by atoms with van der Waals surface area (Å²) in [6, 6.07) is 11.3. The molecule has 2 amide bonds. The Morgan fingerprint density at radius 3 is 2.75 bits per heavy atom. The molecule has 1 aromatic heterocycles. The number of aromatic nitrogens is 2. The summed E-state index contributed by atoms with van der Waals surface area (Å²) in [5.74, 6) is 1.32. The number of rotatable bonds is 3. The van der Waals surface area contributed by atoms with Crippen LogP contribution in [0, 0.1) is 0 Å². The van der Waals surface area contributed by atoms with E-state index in [1.54, 1.807) is 12.0 Å². The van der Waals surface area contributed by atoms with Crippen LogP contribution in [0.4, 0.5) is 16.3 Å². The van der Waals surface area contributed by atoms with E-state index in [4.69, 9.17) is 4.74 Å². The lowest BCUT2D eigenvalue weighted by molar-refractivity contribution is 0.256. The van der Waals surface area contributed by atoms with Gasteiger partial charge in [0.15, 0.2) is 0 Å². The molecule has 6 nitrogen and oxygen atoms in total. The molecule has 7 heteroatoms. The van der Waals surface area contributed by atoms with Gasteiger partial charge in [-0.25, -0.2) is 14.8 Å². The molecule has 2 aromatic carbocycles. The van der Waals surface area contributed by atoms with Crippen molar-refractivity contribution in [1.29, 1.82) is 0 Å². The molecule has 0 saturated carbocycles. The summed E-state index contributed by atoms with van der Waals surface area (Å²) >= 11 is 3.49. The minimum atomic E-state index is -0.212. The highest BCUT2D eigenvalue weighted by Crippen LogP contribution is 2.38. The molecule has 0 atom stereocenters. The van der Waals surface area contributed by atoms with Gasteiger partial charge in [-0.3, -0.25) is 10.2 Å². The van der Waals surface area contributed by atoms with E-state index in [2.05, 4.69) is 31.2 Å². The van der Waals surface area contributed by atoms with Crippen LogP contribution in [-0.4, -0.2) is 23.1 Å². The minimum absolute atomic E-state index is 0.212. The van der Waals surface area contributed by atoms with Crippen molar-refractivity contribution in [2.24, 2.45) is 0 Å². The third-order valence-corrected chi connectivity index (χ3v) is 4.40. The number of nitrogens with zero attached hydrogens (tertiary/aromatic N) is 3. The van der Waals surface area contributed by atoms with Gasteiger partial charge in [0.1, 0.15) is 17.9 Å². The lowest BCUT2D eigenvalue weighted by Gasteiger charge is -2.29. The van der Waals surface area contributed by atoms with Gasteiger partial charge in [0.2, 0.25) is 0 Å². The topological polar surface area (TPSA) is 67.3 Å². The lowest BCUT2D eigenvalue weighted by Crippen LogP contribution is -2.37. The summed E-state index contributed by atoms with van der Waals surface area (Å²) in [5, 5.41) is 3.67. The smallest absolute Gasteiger partial charge is 0.327 e. The maximum atomic E-state index is 12.5. The fraction of sp³-hybridized carbons (Fsp3) is 0.118. The second-order valence-electron chi connectivity index (χ2n) is 5.41. The third-order valence-electron chi connectivity index (χ3n) is 3.94. The van der Waals surface area contributed by atoms with E-state index >= 15 is 0 Å². The number of hydrogen-bond donors (Lipinski definition) is 1. The highest BCUT2D eigenvalue weighted by molar-refractivity contribution is 9.10. The molecule has 4 rings (SSSR count). The molecule has 1 aliphatic rings. The lowest BCUT2D eigenvalue weighted by atomic mass is 10.1. The van der Waals surface area contributed by atoms with E-state index in [1.165, 1.54) is 6.33 Å². The molecule has 24 heavy (non-hydrogen) atoms. The van der Waals surface area contributed by atoms with Crippen molar-refractivity contribution in [3.63, 3.8) is 0 Å². The highest BCUT2D eigenvalue weighted by atomic mass is 79.9. The van der Waals surface area contributed by atoms with Gasteiger partial charge in [-0.1, -0.05) is 28.1 Å². The minimum Gasteiger partial charge on any atom is -0.497 e. The summed E-state index contributed by atoms with van der Waals surface area (Å²) in [7, 11) is 1.63. The quantitative estimate of drug-likeness (QED) is 0.742. The summed E-state index contributed by atoms with van der Waals surface area (Å²) in [5.41, 5.74) is 2.57. The Labute approximate surface area is 146 Å². The van der Waals surface area contributed by atoms with Crippen LogP contribution in [-0.2, 0) is 6.54 Å². The van der Waals surface area contributed by atoms with E-state index in [1.807, 2.05) is 36.4 Å². The predicted molar refractivity (Wildman–Crippen MR) is 95.4 cm³/mol. The fourth-order valence-electron chi connectivity index (χ4n) is 2.79. The van der Waals surface area contributed by atoms with Crippen LogP contribution < -0.4 is 15.0 Å². The number of nitrogens with one attached hydrogen (secondary N) is 1. The van der Waals surface area contributed by atoms with Crippen LogP contribution in [0.15, 0.2) is 47.2 Å². The van der Waals surface area contributed by atoms with Crippen LogP contribution in [0.5, 0.6) is 5.75 Å². The zero-order valence-corrected chi connectivity index (χ0v) is 14.4. The third kappa shape index (κ3) is 2.46. The second kappa shape index (κ2) is 5.76. The number of urea groups is 1. The molecule has 0 fully saturated rings. The molecule has 3 aromatic rings. The largest absolute Gasteiger partial charge is 0.497 e. The normalized spacial score (nSPS) is 13.1. The summed E-state index contributed by atoms with van der Waals surface area (Å²) in [6.45, 7) is 0.440. The zero-order chi connectivity index (χ0) is 16.7. The zero-order valence-electron chi connectivity index (χ0n) is 12.8. The molecular formula is C17H13BrN4O2. The van der Waals surface area contributed by atoms with Gasteiger partial charge < -0.3 is 4.74 Å². The number of amides is 2. The number of methoxy groups -OCH3 is 1. The first-order chi connectivity index (χ1) is 11.7. The van der Waals surface area contributed by atoms with E-state index in [0.29, 0.717) is 12.4 Å². The van der Waals surface area contributed by atoms with Gasteiger partial charge in [0.05, 0.1) is 30.2 Å². The van der Waals surface area contributed by atoms with Crippen LogP contribution >= 0.6 is 15.9 Å². The van der Waals surface area contributed by atoms with Gasteiger partial charge in [-0.15, -0.1) is 0 Å². The molecule has 0 bridgehead atoms. The van der Waals surface area contributed by atoms with Crippen molar-refractivity contribution in [2.75, 3.05) is 17.3 Å². The molecule has 1 aliphatic heterocycles. The maximum absolute atomic E-state index is 12.5. The Morgan fingerprint density at radius 2 is 2.00 bits per heavy atom. The van der Waals surface area contributed by atoms with Crippen molar-refractivity contribution >= 4 is 44.4 Å². The van der Waals surface area contributed by atoms with E-state index in [-0.39, 0.29) is 6.03 Å². The Balaban J connectivity index is 1.80. The maximum Gasteiger partial charge on any atom is 0.327 e. The molecule has 0 radical (unpaired) electrons. The fourth-order valence-corrected chi connectivity index (χ4v) is 3.23. The average molecular weight is 385 g/mol. The van der Waals surface area contributed by atoms with Crippen LogP contribution in [0.25, 0.3) is 10.9 Å². The van der Waals surface area contributed by atoms with Crippen molar-refractivity contribution < 1.29 is 9.53 Å². The van der Waals surface area contributed by atoms with Gasteiger partial charge in [0.25, 0.3) is 0 Å². The predicted octanol–water partition coefficient (Wildman–Crippen LogP) is 3.95. The Morgan fingerprint density at radius 1 is 1.21 bits per heavy atom. The van der Waals surface area contributed by atoms with Crippen molar-refractivity contribution in [1.82, 2.24) is 9.97 Å². The first kappa shape index (κ1) is 14.9. The highest BCUT2D eigenvalue weighted by Gasteiger charge is 2.27. The summed E-state index contributed by atoms with van der Waals surface area (Å²) in [6.07, 6.45) is 1.45. The first-order valence-corrected chi connectivity index (χ1v) is 8.11. The van der Waals surface area contributed by atoms with Crippen LogP contribution in [0.3, 0.4) is 0 Å². The Hall–Kier alpha value is -2.67. The van der Waals surface area contributed by atoms with Gasteiger partial charge in [-0.2, -0.15) is 0 Å². The number of benzene rings is 2. The molecule has 2 heterocycles. The molecule has 1 N–H and O–H groups in total. The van der Waals surface area contributed by atoms with Gasteiger partial charge >= 0.3 is 6.03 Å². The number of hydrogen-bond acceptors (Lipinski definition) is 4. The molecule has 120 valence electrons. The van der Waals surface area contributed by atoms with Gasteiger partial charge in [-0.05, 0) is 29.8 Å². The molecule has 0 aliphatic carbocycles. The number of carbonyl (C=O) groups is 1. The molecular weight excluding hydrogens is 372 g/mol. The summed E-state index contributed by atoms with van der Waals surface area (Å²) in [4.78, 5) is 22.7. The van der Waals surface area contributed by atoms with Gasteiger partial charge in [0, 0.05) is 4.47 Å². The van der Waals surface area contributed by atoms with Crippen LogP contribution in [0.1, 0.15) is 5.56 Å². The average Bonchev–Trinajstić information content (AvgIpc) is 2.58. The van der Waals surface area contributed by atoms with E-state index < -0.39 is 0 Å². The molecule has 0 saturated heterocycles. The van der Waals surface area contributed by atoms with Crippen molar-refractivity contribution in [3.05, 3.63) is 52.8 Å². The molecule has 0 unspecified atom stereocenters. The van der Waals surface area contributed by atoms with Crippen LogP contribution in [0.2, 0.25) is 0 Å². The number of ether oxygens (including phenoxy) is 1. The number of carbonyl (C=O) groups excluding carboxylic acids is 1. The number of anilines is 2. The SMILES string of the molecule is COc1ccc(CN2C(=O)Nc3ncnc4cc(Br)cc2c34)cc1. The Kier molecular flexibility index (Phi) is 3.57.